The lowest BCUT2D eigenvalue weighted by atomic mass is 9.99. The molecule has 0 saturated carbocycles. The number of unbranched alkanes of at least 4 members (excludes halogenated alkanes) is 16. The average molecular weight is 779 g/mol. The third-order valence-electron chi connectivity index (χ3n) is 9.70. The third-order valence-corrected chi connectivity index (χ3v) is 9.70. The number of carbonyl (C=O) groups is 2. The molecule has 0 aromatic carbocycles. The van der Waals surface area contributed by atoms with Crippen molar-refractivity contribution in [3.05, 3.63) is 48.6 Å². The molecule has 10 heteroatoms. The number of rotatable bonds is 35. The maximum atomic E-state index is 12.7. The Hall–Kier alpha value is -2.34. The Balaban J connectivity index is 2.37. The van der Waals surface area contributed by atoms with E-state index in [1.54, 1.807) is 0 Å². The van der Waals surface area contributed by atoms with Crippen LogP contribution in [0.1, 0.15) is 168 Å². The van der Waals surface area contributed by atoms with Crippen LogP contribution >= 0.6 is 0 Å². The molecule has 55 heavy (non-hydrogen) atoms. The minimum atomic E-state index is -1.60. The molecule has 6 atom stereocenters. The summed E-state index contributed by atoms with van der Waals surface area (Å²) in [5.74, 6) is -0.838. The maximum absolute atomic E-state index is 12.7. The summed E-state index contributed by atoms with van der Waals surface area (Å²) < 4.78 is 22.1. The lowest BCUT2D eigenvalue weighted by Crippen LogP contribution is -2.59. The Bertz CT molecular complexity index is 1040. The van der Waals surface area contributed by atoms with Crippen LogP contribution in [0.5, 0.6) is 0 Å². The normalized spacial score (nSPS) is 21.0. The first-order chi connectivity index (χ1) is 26.8. The van der Waals surface area contributed by atoms with Crippen molar-refractivity contribution in [2.45, 2.75) is 205 Å². The molecular formula is C45H78O10. The highest BCUT2D eigenvalue weighted by atomic mass is 16.7. The molecule has 10 nitrogen and oxygen atoms in total. The first-order valence-corrected chi connectivity index (χ1v) is 21.7. The van der Waals surface area contributed by atoms with E-state index < -0.39 is 55.4 Å². The third kappa shape index (κ3) is 27.8. The highest BCUT2D eigenvalue weighted by Crippen LogP contribution is 2.22. The summed E-state index contributed by atoms with van der Waals surface area (Å²) in [4.78, 5) is 25.3. The van der Waals surface area contributed by atoms with Gasteiger partial charge in [-0.1, -0.05) is 133 Å². The summed E-state index contributed by atoms with van der Waals surface area (Å²) in [6.07, 6.45) is 34.0. The number of ether oxygens (including phenoxy) is 4. The summed E-state index contributed by atoms with van der Waals surface area (Å²) in [6, 6.07) is 0. The van der Waals surface area contributed by atoms with Gasteiger partial charge in [0.25, 0.3) is 0 Å². The molecule has 1 fully saturated rings. The fraction of sp³-hybridized carbons (Fsp3) is 0.778. The molecule has 1 heterocycles. The highest BCUT2D eigenvalue weighted by Gasteiger charge is 2.44. The van der Waals surface area contributed by atoms with Crippen molar-refractivity contribution in [2.75, 3.05) is 19.8 Å². The fourth-order valence-corrected chi connectivity index (χ4v) is 6.25. The van der Waals surface area contributed by atoms with Gasteiger partial charge in [-0.2, -0.15) is 0 Å². The van der Waals surface area contributed by atoms with E-state index in [9.17, 15) is 30.0 Å². The average Bonchev–Trinajstić information content (AvgIpc) is 3.18. The van der Waals surface area contributed by atoms with Gasteiger partial charge >= 0.3 is 11.9 Å². The Labute approximate surface area is 333 Å². The molecule has 1 aliphatic heterocycles. The predicted octanol–water partition coefficient (Wildman–Crippen LogP) is 8.88. The minimum Gasteiger partial charge on any atom is -0.462 e. The smallest absolute Gasteiger partial charge is 0.306 e. The van der Waals surface area contributed by atoms with Gasteiger partial charge < -0.3 is 39.4 Å². The van der Waals surface area contributed by atoms with Crippen LogP contribution in [0.2, 0.25) is 0 Å². The van der Waals surface area contributed by atoms with E-state index in [0.717, 1.165) is 83.5 Å². The van der Waals surface area contributed by atoms with Gasteiger partial charge in [0.15, 0.2) is 12.4 Å². The van der Waals surface area contributed by atoms with Crippen LogP contribution in [0.4, 0.5) is 0 Å². The zero-order valence-electron chi connectivity index (χ0n) is 34.4. The number of aliphatic hydroxyl groups excluding tert-OH is 4. The van der Waals surface area contributed by atoms with Gasteiger partial charge in [0.05, 0.1) is 13.2 Å². The van der Waals surface area contributed by atoms with Crippen molar-refractivity contribution in [2.24, 2.45) is 0 Å². The van der Waals surface area contributed by atoms with Gasteiger partial charge in [0.1, 0.15) is 31.0 Å². The molecule has 318 valence electrons. The highest BCUT2D eigenvalue weighted by molar-refractivity contribution is 5.70. The van der Waals surface area contributed by atoms with Gasteiger partial charge in [0.2, 0.25) is 0 Å². The van der Waals surface area contributed by atoms with Crippen molar-refractivity contribution in [1.29, 1.82) is 0 Å². The SMILES string of the molecule is CC/C=C\C/C=C\C/C=C\CCCCCCCC(=O)O[C@H](COC(=O)CCCCCCC/C=C\CCCCCCCC)CO[C@@H]1O[C@H](CO)[C@H](O)[C@H](O)[C@H]1O. The van der Waals surface area contributed by atoms with E-state index in [4.69, 9.17) is 18.9 Å². The van der Waals surface area contributed by atoms with Crippen LogP contribution in [0.15, 0.2) is 48.6 Å². The number of allylic oxidation sites excluding steroid dienone is 8. The summed E-state index contributed by atoms with van der Waals surface area (Å²) in [5.41, 5.74) is 0. The Kier molecular flexibility index (Phi) is 33.2. The van der Waals surface area contributed by atoms with Crippen LogP contribution in [-0.2, 0) is 28.5 Å². The predicted molar refractivity (Wildman–Crippen MR) is 219 cm³/mol. The first-order valence-electron chi connectivity index (χ1n) is 21.7. The van der Waals surface area contributed by atoms with E-state index in [1.807, 2.05) is 0 Å². The Morgan fingerprint density at radius 3 is 1.64 bits per heavy atom. The van der Waals surface area contributed by atoms with Crippen LogP contribution < -0.4 is 0 Å². The molecule has 1 rings (SSSR count). The molecule has 0 radical (unpaired) electrons. The zero-order chi connectivity index (χ0) is 40.2. The largest absolute Gasteiger partial charge is 0.462 e. The maximum Gasteiger partial charge on any atom is 0.306 e. The molecule has 0 aromatic rings. The summed E-state index contributed by atoms with van der Waals surface area (Å²) in [7, 11) is 0. The summed E-state index contributed by atoms with van der Waals surface area (Å²) in [6.45, 7) is 3.27. The Morgan fingerprint density at radius 2 is 1.07 bits per heavy atom. The molecule has 0 amide bonds. The van der Waals surface area contributed by atoms with Crippen LogP contribution in [0.3, 0.4) is 0 Å². The van der Waals surface area contributed by atoms with E-state index in [0.29, 0.717) is 12.8 Å². The molecular weight excluding hydrogens is 700 g/mol. The van der Waals surface area contributed by atoms with E-state index in [2.05, 4.69) is 62.5 Å². The zero-order valence-corrected chi connectivity index (χ0v) is 34.4. The van der Waals surface area contributed by atoms with Crippen molar-refractivity contribution in [3.63, 3.8) is 0 Å². The first kappa shape index (κ1) is 50.7. The van der Waals surface area contributed by atoms with Crippen molar-refractivity contribution < 1.29 is 49.0 Å². The number of aliphatic hydroxyl groups is 4. The lowest BCUT2D eigenvalue weighted by Gasteiger charge is -2.39. The monoisotopic (exact) mass is 779 g/mol. The van der Waals surface area contributed by atoms with Gasteiger partial charge in [0, 0.05) is 12.8 Å². The number of esters is 2. The van der Waals surface area contributed by atoms with Gasteiger partial charge in [-0.15, -0.1) is 0 Å². The molecule has 0 bridgehead atoms. The molecule has 1 saturated heterocycles. The molecule has 0 aliphatic carbocycles. The van der Waals surface area contributed by atoms with Crippen molar-refractivity contribution in [3.8, 4) is 0 Å². The second-order valence-corrected chi connectivity index (χ2v) is 14.8. The van der Waals surface area contributed by atoms with Gasteiger partial charge in [-0.3, -0.25) is 9.59 Å². The molecule has 1 aliphatic rings. The summed E-state index contributed by atoms with van der Waals surface area (Å²) in [5, 5.41) is 40.0. The van der Waals surface area contributed by atoms with Crippen LogP contribution in [0, 0.1) is 0 Å². The second-order valence-electron chi connectivity index (χ2n) is 14.8. The lowest BCUT2D eigenvalue weighted by molar-refractivity contribution is -0.305. The van der Waals surface area contributed by atoms with E-state index in [1.165, 1.54) is 44.9 Å². The fourth-order valence-electron chi connectivity index (χ4n) is 6.25. The van der Waals surface area contributed by atoms with Crippen molar-refractivity contribution in [1.82, 2.24) is 0 Å². The van der Waals surface area contributed by atoms with Crippen LogP contribution in [-0.4, -0.2) is 89.0 Å². The quantitative estimate of drug-likeness (QED) is 0.0279. The van der Waals surface area contributed by atoms with Gasteiger partial charge in [-0.25, -0.2) is 0 Å². The van der Waals surface area contributed by atoms with E-state index >= 15 is 0 Å². The molecule has 4 N–H and O–H groups in total. The van der Waals surface area contributed by atoms with Gasteiger partial charge in [-0.05, 0) is 70.6 Å². The molecule has 0 unspecified atom stereocenters. The Morgan fingerprint density at radius 1 is 0.582 bits per heavy atom. The summed E-state index contributed by atoms with van der Waals surface area (Å²) >= 11 is 0. The number of hydrogen-bond acceptors (Lipinski definition) is 10. The van der Waals surface area contributed by atoms with Crippen LogP contribution in [0.25, 0.3) is 0 Å². The standard InChI is InChI=1S/C45H78O10/c1-3-5-7-9-11-13-15-17-19-21-23-25-27-29-31-33-40(47)52-36-38(37-53-45-44(51)43(50)42(49)39(35-46)55-45)54-41(48)34-32-30-28-26-24-22-20-18-16-14-12-10-8-6-4-2/h6,8,12,14,17-20,38-39,42-46,49-51H,3-5,7,9-11,13,15-16,21-37H2,1-2H3/b8-6-,14-12-,19-17-,20-18-/t38-,39-,42+,43+,44-,45-/m1/s1. The van der Waals surface area contributed by atoms with Crippen molar-refractivity contribution >= 4 is 11.9 Å². The van der Waals surface area contributed by atoms with E-state index in [-0.39, 0.29) is 26.1 Å². The topological polar surface area (TPSA) is 152 Å². The minimum absolute atomic E-state index is 0.207. The second kappa shape index (κ2) is 36.0. The number of carbonyl (C=O) groups excluding carboxylic acids is 2. The molecule has 0 aromatic heterocycles. The molecule has 0 spiro atoms. The number of hydrogen-bond donors (Lipinski definition) is 4.